The van der Waals surface area contributed by atoms with Crippen LogP contribution in [0.1, 0.15) is 49.9 Å². The van der Waals surface area contributed by atoms with Gasteiger partial charge in [0.2, 0.25) is 0 Å². The van der Waals surface area contributed by atoms with Crippen molar-refractivity contribution in [3.05, 3.63) is 29.8 Å². The lowest BCUT2D eigenvalue weighted by atomic mass is 9.79. The number of ether oxygens (including phenoxy) is 1. The minimum atomic E-state index is -0.939. The van der Waals surface area contributed by atoms with Crippen LogP contribution >= 0.6 is 0 Å². The van der Waals surface area contributed by atoms with Crippen molar-refractivity contribution in [3.63, 3.8) is 0 Å². The second kappa shape index (κ2) is 9.56. The molecule has 0 atom stereocenters. The van der Waals surface area contributed by atoms with Gasteiger partial charge in [-0.05, 0) is 49.7 Å². The Morgan fingerprint density at radius 3 is 2.41 bits per heavy atom. The van der Waals surface area contributed by atoms with Crippen LogP contribution in [-0.2, 0) is 0 Å². The summed E-state index contributed by atoms with van der Waals surface area (Å²) in [4.78, 5) is 16.4. The molecule has 2 aliphatic rings. The Balaban J connectivity index is 1.37. The van der Waals surface area contributed by atoms with Crippen LogP contribution in [0.15, 0.2) is 24.3 Å². The van der Waals surface area contributed by atoms with Crippen molar-refractivity contribution < 1.29 is 14.6 Å². The van der Waals surface area contributed by atoms with E-state index in [-0.39, 0.29) is 5.56 Å². The number of benzene rings is 1. The molecule has 1 heterocycles. The molecule has 1 saturated carbocycles. The highest BCUT2D eigenvalue weighted by Gasteiger charge is 2.29. The lowest BCUT2D eigenvalue weighted by molar-refractivity contribution is 0.0596. The van der Waals surface area contributed by atoms with Crippen LogP contribution in [0.4, 0.5) is 0 Å². The van der Waals surface area contributed by atoms with Gasteiger partial charge >= 0.3 is 5.97 Å². The number of para-hydroxylation sites is 1. The second-order valence-electron chi connectivity index (χ2n) is 8.34. The average molecular weight is 375 g/mol. The lowest BCUT2D eigenvalue weighted by Gasteiger charge is -2.42. The van der Waals surface area contributed by atoms with E-state index in [1.807, 2.05) is 6.07 Å². The summed E-state index contributed by atoms with van der Waals surface area (Å²) >= 11 is 0. The maximum Gasteiger partial charge on any atom is 0.339 e. The molecule has 1 aliphatic carbocycles. The first kappa shape index (κ1) is 20.2. The fourth-order valence-electron chi connectivity index (χ4n) is 4.54. The highest BCUT2D eigenvalue weighted by Crippen LogP contribution is 2.32. The molecule has 27 heavy (non-hydrogen) atoms. The van der Waals surface area contributed by atoms with E-state index >= 15 is 0 Å². The molecule has 0 spiro atoms. The third-order valence-electron chi connectivity index (χ3n) is 6.39. The number of carbonyl (C=O) groups is 1. The van der Waals surface area contributed by atoms with Gasteiger partial charge < -0.3 is 9.84 Å². The summed E-state index contributed by atoms with van der Waals surface area (Å²) < 4.78 is 5.74. The molecule has 5 nitrogen and oxygen atoms in total. The van der Waals surface area contributed by atoms with Gasteiger partial charge in [0.15, 0.2) is 0 Å². The zero-order valence-electron chi connectivity index (χ0n) is 16.8. The van der Waals surface area contributed by atoms with Gasteiger partial charge in [0.1, 0.15) is 17.9 Å². The molecular weight excluding hydrogens is 340 g/mol. The predicted molar refractivity (Wildman–Crippen MR) is 107 cm³/mol. The topological polar surface area (TPSA) is 53.0 Å². The molecule has 150 valence electrons. The number of nitrogens with zero attached hydrogens (tertiary/aromatic N) is 2. The van der Waals surface area contributed by atoms with Crippen LogP contribution in [0.25, 0.3) is 0 Å². The van der Waals surface area contributed by atoms with Gasteiger partial charge in [-0.3, -0.25) is 9.80 Å². The molecule has 1 aromatic carbocycles. The number of hydrogen-bond acceptors (Lipinski definition) is 4. The second-order valence-corrected chi connectivity index (χ2v) is 8.34. The molecular formula is C22H34N2O3. The van der Waals surface area contributed by atoms with Crippen molar-refractivity contribution in [2.24, 2.45) is 11.8 Å². The minimum absolute atomic E-state index is 0.235. The van der Waals surface area contributed by atoms with E-state index in [4.69, 9.17) is 4.74 Å². The SMILES string of the molecule is CC(C)C1CCC(N2CCN(CCOc3ccccc3C(=O)O)CC2)CC1. The van der Waals surface area contributed by atoms with Crippen molar-refractivity contribution in [1.82, 2.24) is 9.80 Å². The van der Waals surface area contributed by atoms with Crippen molar-refractivity contribution in [1.29, 1.82) is 0 Å². The third kappa shape index (κ3) is 5.45. The lowest BCUT2D eigenvalue weighted by Crippen LogP contribution is -2.51. The molecule has 2 fully saturated rings. The summed E-state index contributed by atoms with van der Waals surface area (Å²) in [7, 11) is 0. The Hall–Kier alpha value is -1.59. The summed E-state index contributed by atoms with van der Waals surface area (Å²) in [5.74, 6) is 1.28. The molecule has 1 saturated heterocycles. The molecule has 0 bridgehead atoms. The number of carboxylic acid groups (broad SMARTS) is 1. The third-order valence-corrected chi connectivity index (χ3v) is 6.39. The average Bonchev–Trinajstić information content (AvgIpc) is 2.69. The molecule has 3 rings (SSSR count). The Labute approximate surface area is 163 Å². The normalized spacial score (nSPS) is 24.9. The van der Waals surface area contributed by atoms with Gasteiger partial charge in [-0.25, -0.2) is 4.79 Å². The van der Waals surface area contributed by atoms with E-state index in [1.165, 1.54) is 25.7 Å². The fourth-order valence-corrected chi connectivity index (χ4v) is 4.54. The molecule has 5 heteroatoms. The summed E-state index contributed by atoms with van der Waals surface area (Å²) in [6.45, 7) is 10.5. The van der Waals surface area contributed by atoms with Crippen LogP contribution in [0.2, 0.25) is 0 Å². The summed E-state index contributed by atoms with van der Waals surface area (Å²) in [5.41, 5.74) is 0.235. The van der Waals surface area contributed by atoms with Crippen LogP contribution in [0.3, 0.4) is 0 Å². The molecule has 0 unspecified atom stereocenters. The monoisotopic (exact) mass is 374 g/mol. The van der Waals surface area contributed by atoms with E-state index in [0.717, 1.165) is 50.6 Å². The first-order valence-electron chi connectivity index (χ1n) is 10.5. The van der Waals surface area contributed by atoms with Crippen LogP contribution in [0, 0.1) is 11.8 Å². The maximum atomic E-state index is 11.2. The van der Waals surface area contributed by atoms with Crippen LogP contribution < -0.4 is 4.74 Å². The Kier molecular flexibility index (Phi) is 7.13. The van der Waals surface area contributed by atoms with Gasteiger partial charge in [-0.15, -0.1) is 0 Å². The highest BCUT2D eigenvalue weighted by atomic mass is 16.5. The fraction of sp³-hybridized carbons (Fsp3) is 0.682. The first-order valence-corrected chi connectivity index (χ1v) is 10.5. The Morgan fingerprint density at radius 2 is 1.78 bits per heavy atom. The number of hydrogen-bond donors (Lipinski definition) is 1. The number of aromatic carboxylic acids is 1. The zero-order valence-corrected chi connectivity index (χ0v) is 16.8. The van der Waals surface area contributed by atoms with E-state index in [9.17, 15) is 9.90 Å². The molecule has 1 aliphatic heterocycles. The largest absolute Gasteiger partial charge is 0.491 e. The van der Waals surface area contributed by atoms with Gasteiger partial charge in [0.05, 0.1) is 0 Å². The first-order chi connectivity index (χ1) is 13.0. The number of piperazine rings is 1. The predicted octanol–water partition coefficient (Wildman–Crippen LogP) is 3.60. The van der Waals surface area contributed by atoms with E-state index in [2.05, 4.69) is 23.6 Å². The van der Waals surface area contributed by atoms with Crippen molar-refractivity contribution in [2.45, 2.75) is 45.6 Å². The molecule has 0 radical (unpaired) electrons. The number of rotatable bonds is 7. The van der Waals surface area contributed by atoms with E-state index in [1.54, 1.807) is 18.2 Å². The van der Waals surface area contributed by atoms with Crippen molar-refractivity contribution in [2.75, 3.05) is 39.3 Å². The quantitative estimate of drug-likeness (QED) is 0.790. The standard InChI is InChI=1S/C22H34N2O3/c1-17(2)18-7-9-19(10-8-18)24-13-11-23(12-14-24)15-16-27-21-6-4-3-5-20(21)22(25)26/h3-6,17-19H,7-16H2,1-2H3,(H,25,26). The Bertz CT molecular complexity index is 603. The van der Waals surface area contributed by atoms with Crippen molar-refractivity contribution in [3.8, 4) is 5.75 Å². The van der Waals surface area contributed by atoms with Crippen LogP contribution in [-0.4, -0.2) is 66.2 Å². The molecule has 0 amide bonds. The smallest absolute Gasteiger partial charge is 0.339 e. The Morgan fingerprint density at radius 1 is 1.11 bits per heavy atom. The molecule has 0 aromatic heterocycles. The van der Waals surface area contributed by atoms with Gasteiger partial charge in [0.25, 0.3) is 0 Å². The minimum Gasteiger partial charge on any atom is -0.491 e. The van der Waals surface area contributed by atoms with Crippen LogP contribution in [0.5, 0.6) is 5.75 Å². The van der Waals surface area contributed by atoms with E-state index in [0.29, 0.717) is 12.4 Å². The van der Waals surface area contributed by atoms with Gasteiger partial charge in [0, 0.05) is 38.8 Å². The summed E-state index contributed by atoms with van der Waals surface area (Å²) in [6.07, 6.45) is 5.49. The molecule has 1 aromatic rings. The van der Waals surface area contributed by atoms with Crippen molar-refractivity contribution >= 4 is 5.97 Å². The van der Waals surface area contributed by atoms with Gasteiger partial charge in [-0.2, -0.15) is 0 Å². The zero-order chi connectivity index (χ0) is 19.2. The van der Waals surface area contributed by atoms with Gasteiger partial charge in [-0.1, -0.05) is 26.0 Å². The molecule has 1 N–H and O–H groups in total. The maximum absolute atomic E-state index is 11.2. The number of carboxylic acids is 1. The highest BCUT2D eigenvalue weighted by molar-refractivity contribution is 5.90. The van der Waals surface area contributed by atoms with E-state index < -0.39 is 5.97 Å². The summed E-state index contributed by atoms with van der Waals surface area (Å²) in [6, 6.07) is 7.64. The summed E-state index contributed by atoms with van der Waals surface area (Å²) in [5, 5.41) is 9.22.